The normalized spacial score (nSPS) is 22.1. The molecule has 2 atom stereocenters. The molecule has 0 N–H and O–H groups in total. The molecule has 2 aromatic rings. The van der Waals surface area contributed by atoms with Gasteiger partial charge in [0.1, 0.15) is 5.75 Å². The van der Waals surface area contributed by atoms with Gasteiger partial charge < -0.3 is 9.64 Å². The standard InChI is InChI=1S/C23H29N3O2/c1-3-20-12-19(10-11-24-20)23(27)26-15-18-4-7-21(26)16-25(14-18)13-17-5-8-22(28-2)9-6-17/h5-6,8-12,18,21H,3-4,7,13-16H2,1-2H3/t18-,21+/m0/s1. The molecule has 1 aromatic heterocycles. The van der Waals surface area contributed by atoms with Crippen LogP contribution in [-0.4, -0.2) is 53.5 Å². The number of aromatic nitrogens is 1. The van der Waals surface area contributed by atoms with Gasteiger partial charge in [0.05, 0.1) is 7.11 Å². The Balaban J connectivity index is 1.47. The maximum Gasteiger partial charge on any atom is 0.254 e. The maximum atomic E-state index is 13.2. The van der Waals surface area contributed by atoms with Crippen LogP contribution in [0, 0.1) is 5.92 Å². The van der Waals surface area contributed by atoms with E-state index < -0.39 is 0 Å². The first-order chi connectivity index (χ1) is 13.7. The number of carbonyl (C=O) groups is 1. The average Bonchev–Trinajstić information content (AvgIpc) is 3.04. The number of rotatable bonds is 5. The first-order valence-corrected chi connectivity index (χ1v) is 10.3. The number of piperidine rings is 1. The highest BCUT2D eigenvalue weighted by Crippen LogP contribution is 2.30. The van der Waals surface area contributed by atoms with Gasteiger partial charge in [0.15, 0.2) is 0 Å². The average molecular weight is 380 g/mol. The molecule has 4 heterocycles. The largest absolute Gasteiger partial charge is 0.497 e. The van der Waals surface area contributed by atoms with Gasteiger partial charge in [-0.05, 0) is 55.0 Å². The fourth-order valence-corrected chi connectivity index (χ4v) is 4.52. The highest BCUT2D eigenvalue weighted by molar-refractivity contribution is 5.94. The Kier molecular flexibility index (Phi) is 5.62. The van der Waals surface area contributed by atoms with Gasteiger partial charge in [0, 0.05) is 49.7 Å². The molecule has 0 saturated carbocycles. The van der Waals surface area contributed by atoms with Crippen molar-refractivity contribution in [1.29, 1.82) is 0 Å². The van der Waals surface area contributed by atoms with Crippen LogP contribution in [0.15, 0.2) is 42.6 Å². The molecule has 3 aliphatic rings. The summed E-state index contributed by atoms with van der Waals surface area (Å²) in [5, 5.41) is 0. The summed E-state index contributed by atoms with van der Waals surface area (Å²) >= 11 is 0. The molecule has 2 bridgehead atoms. The molecule has 0 radical (unpaired) electrons. The smallest absolute Gasteiger partial charge is 0.254 e. The molecule has 1 aromatic carbocycles. The zero-order valence-corrected chi connectivity index (χ0v) is 16.8. The molecule has 28 heavy (non-hydrogen) atoms. The summed E-state index contributed by atoms with van der Waals surface area (Å²) in [5.74, 6) is 1.60. The van der Waals surface area contributed by atoms with Crippen molar-refractivity contribution < 1.29 is 9.53 Å². The van der Waals surface area contributed by atoms with Gasteiger partial charge in [0.2, 0.25) is 0 Å². The summed E-state index contributed by atoms with van der Waals surface area (Å²) < 4.78 is 5.26. The SMILES string of the molecule is CCc1cc(C(=O)N2C[C@H]3CC[C@@H]2CN(Cc2ccc(OC)cc2)C3)ccn1. The summed E-state index contributed by atoms with van der Waals surface area (Å²) in [6.07, 6.45) is 4.92. The van der Waals surface area contributed by atoms with Crippen LogP contribution in [0.25, 0.3) is 0 Å². The second-order valence-electron chi connectivity index (χ2n) is 7.99. The van der Waals surface area contributed by atoms with E-state index in [1.165, 1.54) is 12.0 Å². The molecule has 5 rings (SSSR count). The molecular formula is C23H29N3O2. The number of hydrogen-bond donors (Lipinski definition) is 0. The summed E-state index contributed by atoms with van der Waals surface area (Å²) in [6, 6.07) is 12.4. The number of benzene rings is 1. The Hall–Kier alpha value is -2.40. The van der Waals surface area contributed by atoms with Crippen LogP contribution in [-0.2, 0) is 13.0 Å². The van der Waals surface area contributed by atoms with Gasteiger partial charge in [0.25, 0.3) is 5.91 Å². The number of methoxy groups -OCH3 is 1. The summed E-state index contributed by atoms with van der Waals surface area (Å²) in [5.41, 5.74) is 3.05. The van der Waals surface area contributed by atoms with Crippen LogP contribution in [0.4, 0.5) is 0 Å². The van der Waals surface area contributed by atoms with E-state index in [-0.39, 0.29) is 5.91 Å². The number of aryl methyl sites for hydroxylation is 1. The Labute approximate surface area is 167 Å². The molecule has 5 nitrogen and oxygen atoms in total. The van der Waals surface area contributed by atoms with Gasteiger partial charge in [-0.3, -0.25) is 14.7 Å². The minimum absolute atomic E-state index is 0.165. The predicted molar refractivity (Wildman–Crippen MR) is 109 cm³/mol. The van der Waals surface area contributed by atoms with Crippen LogP contribution < -0.4 is 4.74 Å². The molecule has 0 spiro atoms. The number of carbonyl (C=O) groups excluding carboxylic acids is 1. The first kappa shape index (κ1) is 18.9. The zero-order chi connectivity index (χ0) is 19.5. The monoisotopic (exact) mass is 379 g/mol. The van der Waals surface area contributed by atoms with Gasteiger partial charge in [-0.25, -0.2) is 0 Å². The molecule has 3 aliphatic heterocycles. The van der Waals surface area contributed by atoms with Crippen molar-refractivity contribution in [2.45, 2.75) is 38.8 Å². The summed E-state index contributed by atoms with van der Waals surface area (Å²) in [4.78, 5) is 22.2. The van der Waals surface area contributed by atoms with E-state index in [1.54, 1.807) is 13.3 Å². The van der Waals surface area contributed by atoms with Crippen LogP contribution in [0.1, 0.15) is 41.4 Å². The zero-order valence-electron chi connectivity index (χ0n) is 16.8. The second-order valence-corrected chi connectivity index (χ2v) is 7.99. The number of amides is 1. The highest BCUT2D eigenvalue weighted by Gasteiger charge is 2.37. The fourth-order valence-electron chi connectivity index (χ4n) is 4.52. The minimum Gasteiger partial charge on any atom is -0.497 e. The van der Waals surface area contributed by atoms with Crippen molar-refractivity contribution >= 4 is 5.91 Å². The third-order valence-corrected chi connectivity index (χ3v) is 6.04. The van der Waals surface area contributed by atoms with E-state index in [9.17, 15) is 4.79 Å². The number of ether oxygens (including phenoxy) is 1. The van der Waals surface area contributed by atoms with E-state index in [4.69, 9.17) is 4.74 Å². The van der Waals surface area contributed by atoms with Crippen molar-refractivity contribution in [3.05, 3.63) is 59.4 Å². The van der Waals surface area contributed by atoms with Gasteiger partial charge in [-0.1, -0.05) is 19.1 Å². The van der Waals surface area contributed by atoms with Gasteiger partial charge in [-0.15, -0.1) is 0 Å². The third kappa shape index (κ3) is 4.04. The van der Waals surface area contributed by atoms with Crippen LogP contribution in [0.2, 0.25) is 0 Å². The van der Waals surface area contributed by atoms with E-state index in [0.29, 0.717) is 12.0 Å². The Morgan fingerprint density at radius 2 is 1.96 bits per heavy atom. The van der Waals surface area contributed by atoms with E-state index >= 15 is 0 Å². The quantitative estimate of drug-likeness (QED) is 0.799. The van der Waals surface area contributed by atoms with Crippen molar-refractivity contribution in [1.82, 2.24) is 14.8 Å². The molecule has 3 saturated heterocycles. The van der Waals surface area contributed by atoms with Crippen LogP contribution in [0.3, 0.4) is 0 Å². The van der Waals surface area contributed by atoms with E-state index in [2.05, 4.69) is 33.8 Å². The fraction of sp³-hybridized carbons (Fsp3) is 0.478. The lowest BCUT2D eigenvalue weighted by Crippen LogP contribution is -2.47. The Bertz CT molecular complexity index is 821. The van der Waals surface area contributed by atoms with Crippen molar-refractivity contribution in [2.75, 3.05) is 26.7 Å². The molecule has 148 valence electrons. The molecular weight excluding hydrogens is 350 g/mol. The first-order valence-electron chi connectivity index (χ1n) is 10.3. The maximum absolute atomic E-state index is 13.2. The van der Waals surface area contributed by atoms with Crippen molar-refractivity contribution in [2.24, 2.45) is 5.92 Å². The van der Waals surface area contributed by atoms with E-state index in [1.807, 2.05) is 24.3 Å². The molecule has 0 aliphatic carbocycles. The Morgan fingerprint density at radius 3 is 2.71 bits per heavy atom. The van der Waals surface area contributed by atoms with Crippen molar-refractivity contribution in [3.8, 4) is 5.75 Å². The van der Waals surface area contributed by atoms with Crippen LogP contribution in [0.5, 0.6) is 5.75 Å². The number of fused-ring (bicyclic) bond motifs is 4. The lowest BCUT2D eigenvalue weighted by molar-refractivity contribution is 0.0584. The second kappa shape index (κ2) is 8.31. The topological polar surface area (TPSA) is 45.7 Å². The Morgan fingerprint density at radius 1 is 1.14 bits per heavy atom. The summed E-state index contributed by atoms with van der Waals surface area (Å²) in [7, 11) is 1.69. The number of hydrogen-bond acceptors (Lipinski definition) is 4. The molecule has 1 amide bonds. The molecule has 5 heteroatoms. The minimum atomic E-state index is 0.165. The van der Waals surface area contributed by atoms with E-state index in [0.717, 1.165) is 56.0 Å². The van der Waals surface area contributed by atoms with Gasteiger partial charge >= 0.3 is 0 Å². The van der Waals surface area contributed by atoms with Gasteiger partial charge in [-0.2, -0.15) is 0 Å². The van der Waals surface area contributed by atoms with Crippen LogP contribution >= 0.6 is 0 Å². The number of nitrogens with zero attached hydrogens (tertiary/aromatic N) is 3. The molecule has 3 fully saturated rings. The third-order valence-electron chi connectivity index (χ3n) is 6.04. The highest BCUT2D eigenvalue weighted by atomic mass is 16.5. The lowest BCUT2D eigenvalue weighted by Gasteiger charge is -2.36. The predicted octanol–water partition coefficient (Wildman–Crippen LogP) is 3.39. The number of pyridine rings is 1. The molecule has 0 unspecified atom stereocenters. The lowest BCUT2D eigenvalue weighted by atomic mass is 9.94. The summed E-state index contributed by atoms with van der Waals surface area (Å²) in [6.45, 7) is 5.87. The van der Waals surface area contributed by atoms with Crippen molar-refractivity contribution in [3.63, 3.8) is 0 Å².